The van der Waals surface area contributed by atoms with E-state index in [1.807, 2.05) is 0 Å². The molecule has 0 unspecified atom stereocenters. The summed E-state index contributed by atoms with van der Waals surface area (Å²) in [6, 6.07) is 4.74. The summed E-state index contributed by atoms with van der Waals surface area (Å²) >= 11 is 2.84. The van der Waals surface area contributed by atoms with E-state index in [0.29, 0.717) is 5.75 Å². The van der Waals surface area contributed by atoms with Crippen LogP contribution in [0, 0.1) is 10.1 Å². The summed E-state index contributed by atoms with van der Waals surface area (Å²) in [7, 11) is 0. The second-order valence-electron chi connectivity index (χ2n) is 3.15. The molecule has 0 aliphatic heterocycles. The number of nitro groups is 1. The number of benzene rings is 1. The molecule has 0 amide bonds. The molecule has 0 fully saturated rings. The van der Waals surface area contributed by atoms with E-state index in [1.54, 1.807) is 12.1 Å². The van der Waals surface area contributed by atoms with Crippen LogP contribution in [0.3, 0.4) is 0 Å². The Morgan fingerprint density at radius 1 is 1.53 bits per heavy atom. The van der Waals surface area contributed by atoms with Gasteiger partial charge in [0.05, 0.1) is 4.92 Å². The predicted molar refractivity (Wildman–Crippen MR) is 67.0 cm³/mol. The highest BCUT2D eigenvalue weighted by molar-refractivity contribution is 8.00. The number of thioether (sulfide) groups is 1. The molecule has 0 radical (unpaired) electrons. The second kappa shape index (κ2) is 5.11. The molecular weight excluding hydrogens is 260 g/mol. The molecule has 0 atom stereocenters. The Morgan fingerprint density at radius 2 is 2.35 bits per heavy atom. The summed E-state index contributed by atoms with van der Waals surface area (Å²) in [5.41, 5.74) is 6.64. The van der Waals surface area contributed by atoms with Gasteiger partial charge in [-0.2, -0.15) is 4.37 Å². The molecule has 2 rings (SSSR count). The van der Waals surface area contributed by atoms with E-state index in [-0.39, 0.29) is 11.4 Å². The first-order valence-corrected chi connectivity index (χ1v) is 6.35. The number of nitrogens with two attached hydrogens (primary N) is 1. The van der Waals surface area contributed by atoms with Crippen LogP contribution in [0.4, 0.5) is 11.4 Å². The third kappa shape index (κ3) is 2.92. The Bertz CT molecular complexity index is 530. The van der Waals surface area contributed by atoms with Crippen LogP contribution in [0.5, 0.6) is 0 Å². The van der Waals surface area contributed by atoms with Crippen molar-refractivity contribution in [3.05, 3.63) is 40.2 Å². The minimum absolute atomic E-state index is 0.0605. The third-order valence-corrected chi connectivity index (χ3v) is 3.86. The Balaban J connectivity index is 2.07. The molecule has 0 saturated carbocycles. The van der Waals surface area contributed by atoms with Crippen molar-refractivity contribution in [2.75, 3.05) is 5.73 Å². The number of anilines is 1. The molecule has 8 heteroatoms. The van der Waals surface area contributed by atoms with E-state index in [2.05, 4.69) is 9.36 Å². The Labute approximate surface area is 105 Å². The van der Waals surface area contributed by atoms with Crippen LogP contribution in [0.2, 0.25) is 0 Å². The molecule has 1 heterocycles. The highest BCUT2D eigenvalue weighted by atomic mass is 32.2. The van der Waals surface area contributed by atoms with E-state index in [9.17, 15) is 10.1 Å². The van der Waals surface area contributed by atoms with E-state index in [0.717, 1.165) is 9.90 Å². The van der Waals surface area contributed by atoms with Crippen LogP contribution in [-0.2, 0) is 5.75 Å². The molecular formula is C9H8N4O2S2. The van der Waals surface area contributed by atoms with Gasteiger partial charge in [-0.15, -0.1) is 0 Å². The summed E-state index contributed by atoms with van der Waals surface area (Å²) in [5.74, 6) is 0.664. The first-order valence-electron chi connectivity index (χ1n) is 4.59. The molecule has 2 aromatic rings. The zero-order valence-corrected chi connectivity index (χ0v) is 10.2. The first kappa shape index (κ1) is 11.8. The van der Waals surface area contributed by atoms with Gasteiger partial charge < -0.3 is 5.73 Å². The lowest BCUT2D eigenvalue weighted by molar-refractivity contribution is -0.383. The van der Waals surface area contributed by atoms with Gasteiger partial charge in [-0.05, 0) is 23.2 Å². The maximum atomic E-state index is 10.6. The van der Waals surface area contributed by atoms with E-state index < -0.39 is 4.92 Å². The highest BCUT2D eigenvalue weighted by Crippen LogP contribution is 2.27. The van der Waals surface area contributed by atoms with E-state index >= 15 is 0 Å². The minimum atomic E-state index is -0.489. The van der Waals surface area contributed by atoms with Crippen LogP contribution in [-0.4, -0.2) is 14.3 Å². The van der Waals surface area contributed by atoms with Crippen LogP contribution < -0.4 is 5.73 Å². The summed E-state index contributed by atoms with van der Waals surface area (Å²) in [6.45, 7) is 0. The van der Waals surface area contributed by atoms with Gasteiger partial charge in [0.15, 0.2) is 4.34 Å². The average Bonchev–Trinajstić information content (AvgIpc) is 2.78. The molecule has 1 aromatic heterocycles. The number of rotatable bonds is 4. The van der Waals surface area contributed by atoms with Gasteiger partial charge in [0.1, 0.15) is 12.0 Å². The van der Waals surface area contributed by atoms with Crippen molar-refractivity contribution in [2.24, 2.45) is 0 Å². The quantitative estimate of drug-likeness (QED) is 0.396. The molecule has 0 bridgehead atoms. The SMILES string of the molecule is Nc1cc(CSc2ncns2)ccc1[N+](=O)[O-]. The number of nitro benzene ring substituents is 1. The Kier molecular flexibility index (Phi) is 3.55. The predicted octanol–water partition coefficient (Wildman–Crippen LogP) is 2.32. The minimum Gasteiger partial charge on any atom is -0.393 e. The van der Waals surface area contributed by atoms with Crippen molar-refractivity contribution in [3.63, 3.8) is 0 Å². The molecule has 17 heavy (non-hydrogen) atoms. The lowest BCUT2D eigenvalue weighted by Crippen LogP contribution is -1.96. The number of aromatic nitrogens is 2. The third-order valence-electron chi connectivity index (χ3n) is 1.99. The summed E-state index contributed by atoms with van der Waals surface area (Å²) < 4.78 is 4.75. The van der Waals surface area contributed by atoms with Gasteiger partial charge in [0.25, 0.3) is 5.69 Å². The Morgan fingerprint density at radius 3 is 2.94 bits per heavy atom. The maximum Gasteiger partial charge on any atom is 0.292 e. The fourth-order valence-corrected chi connectivity index (χ4v) is 2.62. The van der Waals surface area contributed by atoms with Crippen molar-refractivity contribution in [1.29, 1.82) is 0 Å². The molecule has 0 aliphatic carbocycles. The van der Waals surface area contributed by atoms with Gasteiger partial charge in [-0.1, -0.05) is 17.8 Å². The number of hydrogen-bond acceptors (Lipinski definition) is 7. The van der Waals surface area contributed by atoms with Crippen molar-refractivity contribution in [3.8, 4) is 0 Å². The van der Waals surface area contributed by atoms with Crippen LogP contribution >= 0.6 is 23.3 Å². The second-order valence-corrected chi connectivity index (χ2v) is 5.15. The smallest absolute Gasteiger partial charge is 0.292 e. The van der Waals surface area contributed by atoms with Crippen LogP contribution in [0.1, 0.15) is 5.56 Å². The lowest BCUT2D eigenvalue weighted by Gasteiger charge is -2.01. The monoisotopic (exact) mass is 268 g/mol. The zero-order valence-electron chi connectivity index (χ0n) is 8.57. The molecule has 0 aliphatic rings. The van der Waals surface area contributed by atoms with E-state index in [4.69, 9.17) is 5.73 Å². The summed E-state index contributed by atoms with van der Waals surface area (Å²) in [6.07, 6.45) is 1.50. The van der Waals surface area contributed by atoms with Crippen LogP contribution in [0.15, 0.2) is 28.9 Å². The maximum absolute atomic E-state index is 10.6. The van der Waals surface area contributed by atoms with Gasteiger partial charge in [-0.3, -0.25) is 10.1 Å². The van der Waals surface area contributed by atoms with Crippen molar-refractivity contribution < 1.29 is 4.92 Å². The van der Waals surface area contributed by atoms with Gasteiger partial charge in [0.2, 0.25) is 0 Å². The highest BCUT2D eigenvalue weighted by Gasteiger charge is 2.11. The summed E-state index contributed by atoms with van der Waals surface area (Å²) in [4.78, 5) is 14.1. The van der Waals surface area contributed by atoms with Gasteiger partial charge in [-0.25, -0.2) is 4.98 Å². The van der Waals surface area contributed by atoms with E-state index in [1.165, 1.54) is 35.7 Å². The lowest BCUT2D eigenvalue weighted by atomic mass is 10.2. The molecule has 88 valence electrons. The molecule has 2 N–H and O–H groups in total. The first-order chi connectivity index (χ1) is 8.16. The largest absolute Gasteiger partial charge is 0.393 e. The van der Waals surface area contributed by atoms with Crippen LogP contribution in [0.25, 0.3) is 0 Å². The fourth-order valence-electron chi connectivity index (χ4n) is 1.23. The van der Waals surface area contributed by atoms with Crippen molar-refractivity contribution in [2.45, 2.75) is 10.1 Å². The average molecular weight is 268 g/mol. The number of hydrogen-bond donors (Lipinski definition) is 1. The number of nitrogens with zero attached hydrogens (tertiary/aromatic N) is 3. The number of nitrogen functional groups attached to an aromatic ring is 1. The van der Waals surface area contributed by atoms with Crippen molar-refractivity contribution in [1.82, 2.24) is 9.36 Å². The Hall–Kier alpha value is -1.67. The molecule has 0 spiro atoms. The topological polar surface area (TPSA) is 94.9 Å². The summed E-state index contributed by atoms with van der Waals surface area (Å²) in [5, 5.41) is 10.6. The fraction of sp³-hybridized carbons (Fsp3) is 0.111. The standard InChI is InChI=1S/C9H8N4O2S2/c10-7-3-6(1-2-8(7)13(14)15)4-16-9-11-5-12-17-9/h1-3,5H,4,10H2. The van der Waals surface area contributed by atoms with Gasteiger partial charge in [0, 0.05) is 11.8 Å². The molecule has 1 aromatic carbocycles. The van der Waals surface area contributed by atoms with Crippen molar-refractivity contribution >= 4 is 34.7 Å². The van der Waals surface area contributed by atoms with Gasteiger partial charge >= 0.3 is 0 Å². The molecule has 6 nitrogen and oxygen atoms in total. The normalized spacial score (nSPS) is 10.4. The zero-order chi connectivity index (χ0) is 12.3. The molecule has 0 saturated heterocycles.